The maximum atomic E-state index is 12.7. The van der Waals surface area contributed by atoms with Crippen LogP contribution in [0.2, 0.25) is 0 Å². The molecular formula is C25H30O5. The monoisotopic (exact) mass is 410 g/mol. The standard InChI is InChI=1S/C25H30O5/c1-2-3-12-28-20-13-21(26)25-22(27)15-23(30-24(25)14-20)18-8-10-19(11-9-18)29-16-17-6-4-5-7-17/h8-11,13-14,17,23,26H,2-7,12,15-16H2,1H3. The van der Waals surface area contributed by atoms with Gasteiger partial charge in [0, 0.05) is 12.1 Å². The number of rotatable bonds is 8. The fraction of sp³-hybridized carbons (Fsp3) is 0.480. The highest BCUT2D eigenvalue weighted by Gasteiger charge is 2.31. The Balaban J connectivity index is 1.44. The molecule has 1 fully saturated rings. The van der Waals surface area contributed by atoms with E-state index in [9.17, 15) is 9.90 Å². The molecule has 0 bridgehead atoms. The number of ketones is 1. The zero-order chi connectivity index (χ0) is 20.9. The number of phenols is 1. The third-order valence-electron chi connectivity index (χ3n) is 5.95. The molecule has 4 rings (SSSR count). The van der Waals surface area contributed by atoms with E-state index in [0.29, 0.717) is 24.0 Å². The SMILES string of the molecule is CCCCOc1cc(O)c2c(c1)OC(c1ccc(OCC3CCCC3)cc1)CC2=O. The van der Waals surface area contributed by atoms with Gasteiger partial charge in [-0.25, -0.2) is 0 Å². The molecule has 2 aliphatic rings. The second-order valence-electron chi connectivity index (χ2n) is 8.28. The lowest BCUT2D eigenvalue weighted by Crippen LogP contribution is -2.20. The molecule has 0 spiro atoms. The van der Waals surface area contributed by atoms with Gasteiger partial charge in [-0.15, -0.1) is 0 Å². The third kappa shape index (κ3) is 4.72. The lowest BCUT2D eigenvalue weighted by molar-refractivity contribution is 0.0844. The molecule has 0 saturated heterocycles. The van der Waals surface area contributed by atoms with Crippen LogP contribution in [0.3, 0.4) is 0 Å². The molecule has 1 unspecified atom stereocenters. The van der Waals surface area contributed by atoms with E-state index in [0.717, 1.165) is 30.8 Å². The minimum Gasteiger partial charge on any atom is -0.507 e. The zero-order valence-corrected chi connectivity index (χ0v) is 17.6. The van der Waals surface area contributed by atoms with Gasteiger partial charge in [-0.3, -0.25) is 4.79 Å². The summed E-state index contributed by atoms with van der Waals surface area (Å²) in [7, 11) is 0. The summed E-state index contributed by atoms with van der Waals surface area (Å²) in [4.78, 5) is 12.7. The van der Waals surface area contributed by atoms with Crippen molar-refractivity contribution in [1.82, 2.24) is 0 Å². The van der Waals surface area contributed by atoms with Gasteiger partial charge in [-0.2, -0.15) is 0 Å². The molecule has 1 aliphatic heterocycles. The summed E-state index contributed by atoms with van der Waals surface area (Å²) in [5, 5.41) is 10.3. The quantitative estimate of drug-likeness (QED) is 0.553. The van der Waals surface area contributed by atoms with E-state index < -0.39 is 0 Å². The van der Waals surface area contributed by atoms with E-state index in [4.69, 9.17) is 14.2 Å². The van der Waals surface area contributed by atoms with Crippen molar-refractivity contribution >= 4 is 5.78 Å². The number of hydrogen-bond acceptors (Lipinski definition) is 5. The first-order valence-electron chi connectivity index (χ1n) is 11.1. The molecule has 2 aromatic rings. The van der Waals surface area contributed by atoms with Crippen molar-refractivity contribution in [2.45, 2.75) is 58.0 Å². The summed E-state index contributed by atoms with van der Waals surface area (Å²) in [6.07, 6.45) is 6.88. The summed E-state index contributed by atoms with van der Waals surface area (Å²) in [6, 6.07) is 11.0. The number of Topliss-reactive ketones (excluding diaryl/α,β-unsaturated/α-hetero) is 1. The Morgan fingerprint density at radius 2 is 1.83 bits per heavy atom. The lowest BCUT2D eigenvalue weighted by atomic mass is 9.95. The molecule has 1 heterocycles. The number of carbonyl (C=O) groups excluding carboxylic acids is 1. The summed E-state index contributed by atoms with van der Waals surface area (Å²) in [5.41, 5.74) is 1.16. The van der Waals surface area contributed by atoms with E-state index in [2.05, 4.69) is 6.92 Å². The number of benzene rings is 2. The molecule has 0 aromatic heterocycles. The van der Waals surface area contributed by atoms with E-state index in [1.165, 1.54) is 31.7 Å². The minimum atomic E-state index is -0.390. The smallest absolute Gasteiger partial charge is 0.174 e. The second-order valence-corrected chi connectivity index (χ2v) is 8.28. The fourth-order valence-corrected chi connectivity index (χ4v) is 4.19. The Labute approximate surface area is 178 Å². The van der Waals surface area contributed by atoms with Crippen molar-refractivity contribution in [3.05, 3.63) is 47.5 Å². The van der Waals surface area contributed by atoms with Crippen molar-refractivity contribution in [2.75, 3.05) is 13.2 Å². The van der Waals surface area contributed by atoms with Crippen LogP contribution in [-0.4, -0.2) is 24.1 Å². The van der Waals surface area contributed by atoms with Gasteiger partial charge in [0.2, 0.25) is 0 Å². The first-order chi connectivity index (χ1) is 14.6. The average molecular weight is 411 g/mol. The van der Waals surface area contributed by atoms with Gasteiger partial charge in [0.1, 0.15) is 34.7 Å². The molecule has 2 aromatic carbocycles. The topological polar surface area (TPSA) is 65.0 Å². The number of carbonyl (C=O) groups is 1. The summed E-state index contributed by atoms with van der Waals surface area (Å²) in [5.74, 6) is 2.20. The highest BCUT2D eigenvalue weighted by molar-refractivity contribution is 6.02. The van der Waals surface area contributed by atoms with Crippen LogP contribution in [0.15, 0.2) is 36.4 Å². The van der Waals surface area contributed by atoms with E-state index in [1.54, 1.807) is 6.07 Å². The first kappa shape index (κ1) is 20.6. The number of ether oxygens (including phenoxy) is 3. The Kier molecular flexibility index (Phi) is 6.46. The van der Waals surface area contributed by atoms with Gasteiger partial charge in [0.15, 0.2) is 5.78 Å². The molecule has 160 valence electrons. The minimum absolute atomic E-state index is 0.0851. The van der Waals surface area contributed by atoms with Crippen molar-refractivity contribution < 1.29 is 24.1 Å². The molecule has 5 heteroatoms. The van der Waals surface area contributed by atoms with Gasteiger partial charge in [-0.1, -0.05) is 38.3 Å². The third-order valence-corrected chi connectivity index (χ3v) is 5.95. The van der Waals surface area contributed by atoms with Gasteiger partial charge in [0.25, 0.3) is 0 Å². The molecule has 1 N–H and O–H groups in total. The molecule has 1 aliphatic carbocycles. The van der Waals surface area contributed by atoms with Crippen LogP contribution < -0.4 is 14.2 Å². The van der Waals surface area contributed by atoms with Crippen molar-refractivity contribution in [1.29, 1.82) is 0 Å². The molecule has 1 saturated carbocycles. The van der Waals surface area contributed by atoms with Crippen LogP contribution in [0.5, 0.6) is 23.0 Å². The van der Waals surface area contributed by atoms with Gasteiger partial charge in [-0.05, 0) is 42.9 Å². The van der Waals surface area contributed by atoms with Gasteiger partial charge < -0.3 is 19.3 Å². The molecule has 5 nitrogen and oxygen atoms in total. The normalized spacial score (nSPS) is 18.7. The van der Waals surface area contributed by atoms with E-state index in [-0.39, 0.29) is 29.6 Å². The van der Waals surface area contributed by atoms with Crippen molar-refractivity contribution in [2.24, 2.45) is 5.92 Å². The zero-order valence-electron chi connectivity index (χ0n) is 17.6. The molecule has 0 amide bonds. The number of phenolic OH excluding ortho intramolecular Hbond substituents is 1. The van der Waals surface area contributed by atoms with Crippen LogP contribution in [0, 0.1) is 5.92 Å². The van der Waals surface area contributed by atoms with Crippen molar-refractivity contribution in [3.63, 3.8) is 0 Å². The Morgan fingerprint density at radius 1 is 1.07 bits per heavy atom. The molecule has 1 atom stereocenters. The first-order valence-corrected chi connectivity index (χ1v) is 11.1. The van der Waals surface area contributed by atoms with Gasteiger partial charge >= 0.3 is 0 Å². The number of fused-ring (bicyclic) bond motifs is 1. The predicted molar refractivity (Wildman–Crippen MR) is 115 cm³/mol. The molecule has 30 heavy (non-hydrogen) atoms. The summed E-state index contributed by atoms with van der Waals surface area (Å²) in [6.45, 7) is 3.42. The van der Waals surface area contributed by atoms with Crippen LogP contribution in [0.4, 0.5) is 0 Å². The Hall–Kier alpha value is -2.69. The maximum Gasteiger partial charge on any atom is 0.174 e. The van der Waals surface area contributed by atoms with Crippen LogP contribution in [-0.2, 0) is 0 Å². The van der Waals surface area contributed by atoms with Crippen LogP contribution in [0.25, 0.3) is 0 Å². The number of aromatic hydroxyl groups is 1. The van der Waals surface area contributed by atoms with Crippen LogP contribution in [0.1, 0.15) is 73.9 Å². The van der Waals surface area contributed by atoms with Crippen LogP contribution >= 0.6 is 0 Å². The molecule has 0 radical (unpaired) electrons. The number of unbranched alkanes of at least 4 members (excludes halogenated alkanes) is 1. The van der Waals surface area contributed by atoms with Crippen molar-refractivity contribution in [3.8, 4) is 23.0 Å². The average Bonchev–Trinajstić information content (AvgIpc) is 3.26. The Morgan fingerprint density at radius 3 is 2.57 bits per heavy atom. The van der Waals surface area contributed by atoms with Gasteiger partial charge in [0.05, 0.1) is 19.6 Å². The molecular weight excluding hydrogens is 380 g/mol. The highest BCUT2D eigenvalue weighted by atomic mass is 16.5. The fourth-order valence-electron chi connectivity index (χ4n) is 4.19. The summed E-state index contributed by atoms with van der Waals surface area (Å²) >= 11 is 0. The Bertz CT molecular complexity index is 868. The number of hydrogen-bond donors (Lipinski definition) is 1. The van der Waals surface area contributed by atoms with E-state index >= 15 is 0 Å². The predicted octanol–water partition coefficient (Wildman–Crippen LogP) is 5.85. The maximum absolute atomic E-state index is 12.7. The summed E-state index contributed by atoms with van der Waals surface area (Å²) < 4.78 is 17.7. The highest BCUT2D eigenvalue weighted by Crippen LogP contribution is 2.42. The second kappa shape index (κ2) is 9.41. The lowest BCUT2D eigenvalue weighted by Gasteiger charge is -2.26. The largest absolute Gasteiger partial charge is 0.507 e. The van der Waals surface area contributed by atoms with E-state index in [1.807, 2.05) is 24.3 Å².